The minimum Gasteiger partial charge on any atom is -0.478 e. The lowest BCUT2D eigenvalue weighted by molar-refractivity contribution is -0.363. The first kappa shape index (κ1) is 49.4. The molecule has 0 fully saturated rings. The van der Waals surface area contributed by atoms with Crippen LogP contribution < -0.4 is 0 Å². The largest absolute Gasteiger partial charge is 0.737 e. The van der Waals surface area contributed by atoms with Crippen molar-refractivity contribution < 1.29 is 61.4 Å². The second kappa shape index (κ2) is 21.5. The van der Waals surface area contributed by atoms with Crippen LogP contribution in [0, 0.1) is 49.4 Å². The van der Waals surface area contributed by atoms with Gasteiger partial charge < -0.3 is 51.5 Å². The molecule has 2 aliphatic heterocycles. The van der Waals surface area contributed by atoms with Crippen molar-refractivity contribution in [1.29, 1.82) is 0 Å². The van der Waals surface area contributed by atoms with Crippen molar-refractivity contribution in [3.63, 3.8) is 0 Å². The van der Waals surface area contributed by atoms with Gasteiger partial charge in [-0.25, -0.2) is 14.4 Å². The Kier molecular flexibility index (Phi) is 15.8. The standard InChI is InChI=1S/C52H51BF2N2O10/c1-34-44(22-18-39-11-8-14-42(31-39)50(59)60)36(3)56-48(34)47(49-35(2)45(37(4)57(49)53(56,54)55)23-19-40-12-9-15-43(32-40)51(61)62)41-20-16-38(17-21-41)13-10-24-63-25-26-64-27-28-65-29-30-66-33-46(58)67-52(5,6)7/h8-9,11-12,14-17,20-21,31-32H,24-30,33H2,1-7H3,(H,59,60)(H,61,62). The van der Waals surface area contributed by atoms with Gasteiger partial charge in [-0.05, 0) is 101 Å². The van der Waals surface area contributed by atoms with Gasteiger partial charge >= 0.3 is 24.9 Å². The number of halogens is 2. The van der Waals surface area contributed by atoms with Crippen LogP contribution >= 0.6 is 0 Å². The number of benzene rings is 3. The van der Waals surface area contributed by atoms with E-state index in [1.807, 2.05) is 24.3 Å². The number of aromatic carboxylic acids is 2. The summed E-state index contributed by atoms with van der Waals surface area (Å²) in [5.74, 6) is 15.6. The Labute approximate surface area is 388 Å². The van der Waals surface area contributed by atoms with E-state index in [0.717, 1.165) is 8.96 Å². The van der Waals surface area contributed by atoms with E-state index in [1.165, 1.54) is 24.3 Å². The van der Waals surface area contributed by atoms with E-state index >= 15 is 8.63 Å². The smallest absolute Gasteiger partial charge is 0.478 e. The normalized spacial score (nSPS) is 13.7. The van der Waals surface area contributed by atoms with E-state index in [0.29, 0.717) is 83.1 Å². The molecule has 3 heterocycles. The number of carboxylic acid groups (broad SMARTS) is 2. The lowest BCUT2D eigenvalue weighted by Crippen LogP contribution is -2.51. The Hall–Kier alpha value is -7.06. The second-order valence-corrected chi connectivity index (χ2v) is 16.6. The summed E-state index contributed by atoms with van der Waals surface area (Å²) < 4.78 is 63.9. The first-order valence-corrected chi connectivity index (χ1v) is 21.5. The molecule has 2 N–H and O–H groups in total. The van der Waals surface area contributed by atoms with Crippen LogP contribution in [0.4, 0.5) is 8.63 Å². The van der Waals surface area contributed by atoms with Gasteiger partial charge in [0.1, 0.15) is 24.5 Å². The molecule has 0 saturated carbocycles. The molecule has 6 rings (SSSR count). The maximum atomic E-state index is 17.4. The summed E-state index contributed by atoms with van der Waals surface area (Å²) in [5.41, 5.74) is 5.18. The molecule has 0 saturated heterocycles. The number of aromatic nitrogens is 1. The third-order valence-corrected chi connectivity index (χ3v) is 10.7. The highest BCUT2D eigenvalue weighted by atomic mass is 19.2. The zero-order chi connectivity index (χ0) is 48.5. The molecule has 4 aromatic rings. The minimum absolute atomic E-state index is 0.0587. The van der Waals surface area contributed by atoms with Gasteiger partial charge in [-0.15, -0.1) is 0 Å². The molecular weight excluding hydrogens is 861 g/mol. The van der Waals surface area contributed by atoms with E-state index in [9.17, 15) is 24.6 Å². The Bertz CT molecular complexity index is 2890. The topological polar surface area (TPSA) is 146 Å². The molecule has 67 heavy (non-hydrogen) atoms. The number of esters is 1. The number of hydrogen-bond acceptors (Lipinski definition) is 8. The quantitative estimate of drug-likeness (QED) is 0.0532. The molecule has 12 nitrogen and oxygen atoms in total. The lowest BCUT2D eigenvalue weighted by Gasteiger charge is -2.33. The van der Waals surface area contributed by atoms with Gasteiger partial charge in [-0.3, -0.25) is 0 Å². The van der Waals surface area contributed by atoms with Gasteiger partial charge in [0.2, 0.25) is 0 Å². The number of ether oxygens (including phenoxy) is 5. The molecule has 3 aromatic carbocycles. The highest BCUT2D eigenvalue weighted by molar-refractivity contribution is 6.58. The summed E-state index contributed by atoms with van der Waals surface area (Å²) in [4.78, 5) is 34.9. The van der Waals surface area contributed by atoms with Crippen molar-refractivity contribution in [2.75, 3.05) is 52.9 Å². The number of rotatable bonds is 15. The fourth-order valence-corrected chi connectivity index (χ4v) is 7.77. The molecule has 2 aliphatic rings. The molecule has 1 aromatic heterocycles. The van der Waals surface area contributed by atoms with Gasteiger partial charge in [-0.2, -0.15) is 0 Å². The number of carbonyl (C=O) groups excluding carboxylic acids is 1. The second-order valence-electron chi connectivity index (χ2n) is 16.6. The summed E-state index contributed by atoms with van der Waals surface area (Å²) in [6, 6.07) is 19.6. The van der Waals surface area contributed by atoms with E-state index in [-0.39, 0.29) is 53.7 Å². The van der Waals surface area contributed by atoms with Crippen LogP contribution in [0.2, 0.25) is 0 Å². The first-order valence-electron chi connectivity index (χ1n) is 21.5. The van der Waals surface area contributed by atoms with Crippen LogP contribution in [0.25, 0.3) is 5.57 Å². The van der Waals surface area contributed by atoms with Gasteiger partial charge in [0.15, 0.2) is 5.70 Å². The number of hydrogen-bond donors (Lipinski definition) is 2. The van der Waals surface area contributed by atoms with Gasteiger partial charge in [-0.1, -0.05) is 59.8 Å². The summed E-state index contributed by atoms with van der Waals surface area (Å²) in [6.45, 7) is 9.52. The summed E-state index contributed by atoms with van der Waals surface area (Å²) in [7, 11) is 0. The van der Waals surface area contributed by atoms with Crippen LogP contribution in [0.15, 0.2) is 89.6 Å². The van der Waals surface area contributed by atoms with Crippen LogP contribution in [0.1, 0.15) is 100 Å². The molecule has 0 amide bonds. The molecule has 0 unspecified atom stereocenters. The molecule has 0 aliphatic carbocycles. The highest BCUT2D eigenvalue weighted by Crippen LogP contribution is 2.46. The predicted molar refractivity (Wildman–Crippen MR) is 249 cm³/mol. The van der Waals surface area contributed by atoms with Gasteiger partial charge in [0, 0.05) is 46.1 Å². The average molecular weight is 913 g/mol. The van der Waals surface area contributed by atoms with Crippen LogP contribution in [-0.4, -0.2) is 108 Å². The minimum atomic E-state index is -4.51. The summed E-state index contributed by atoms with van der Waals surface area (Å²) in [6.07, 6.45) is 0. The monoisotopic (exact) mass is 912 g/mol. The van der Waals surface area contributed by atoms with Crippen LogP contribution in [0.5, 0.6) is 0 Å². The fraction of sp³-hybridized carbons (Fsp3) is 0.308. The van der Waals surface area contributed by atoms with Crippen molar-refractivity contribution >= 4 is 36.2 Å². The average Bonchev–Trinajstić information content (AvgIpc) is 3.69. The van der Waals surface area contributed by atoms with E-state index in [1.54, 1.807) is 72.7 Å². The Morgan fingerprint density at radius 1 is 0.701 bits per heavy atom. The predicted octanol–water partition coefficient (Wildman–Crippen LogP) is 7.51. The maximum absolute atomic E-state index is 17.4. The third kappa shape index (κ3) is 11.9. The lowest BCUT2D eigenvalue weighted by atomic mass is 9.83. The van der Waals surface area contributed by atoms with Crippen molar-refractivity contribution in [1.82, 2.24) is 4.48 Å². The summed E-state index contributed by atoms with van der Waals surface area (Å²) >= 11 is 0. The maximum Gasteiger partial charge on any atom is 0.737 e. The molecule has 0 radical (unpaired) electrons. The van der Waals surface area contributed by atoms with Gasteiger partial charge in [0.25, 0.3) is 0 Å². The van der Waals surface area contributed by atoms with E-state index in [2.05, 4.69) is 35.5 Å². The highest BCUT2D eigenvalue weighted by Gasteiger charge is 2.57. The van der Waals surface area contributed by atoms with Crippen molar-refractivity contribution in [3.8, 4) is 35.5 Å². The Morgan fingerprint density at radius 2 is 1.25 bits per heavy atom. The number of carboxylic acids is 2. The number of fused-ring (bicyclic) bond motifs is 2. The summed E-state index contributed by atoms with van der Waals surface area (Å²) in [5, 5.41) is 19.0. The van der Waals surface area contributed by atoms with E-state index in [4.69, 9.17) is 23.7 Å². The number of carbonyl (C=O) groups is 3. The first-order chi connectivity index (χ1) is 31.9. The fourth-order valence-electron chi connectivity index (χ4n) is 7.77. The van der Waals surface area contributed by atoms with Crippen molar-refractivity contribution in [2.45, 2.75) is 54.1 Å². The third-order valence-electron chi connectivity index (χ3n) is 10.7. The Morgan fingerprint density at radius 3 is 1.82 bits per heavy atom. The van der Waals surface area contributed by atoms with Crippen LogP contribution in [-0.2, 0) is 28.5 Å². The van der Waals surface area contributed by atoms with E-state index < -0.39 is 30.5 Å². The number of nitrogens with zero attached hydrogens (tertiary/aromatic N) is 2. The van der Waals surface area contributed by atoms with Gasteiger partial charge in [0.05, 0.1) is 61.9 Å². The Balaban J connectivity index is 1.21. The molecular formula is C52H51BF2N2O10. The van der Waals surface area contributed by atoms with Crippen molar-refractivity contribution in [2.24, 2.45) is 0 Å². The molecule has 0 atom stereocenters. The van der Waals surface area contributed by atoms with Crippen molar-refractivity contribution in [3.05, 3.63) is 146 Å². The molecule has 0 bridgehead atoms. The zero-order valence-electron chi connectivity index (χ0n) is 38.5. The molecule has 15 heteroatoms. The zero-order valence-corrected chi connectivity index (χ0v) is 38.5. The molecule has 346 valence electrons. The molecule has 0 spiro atoms. The SMILES string of the molecule is CC1=C(C#Cc2cccc(C(=O)O)c2)C(C)=[N+]2C1=C(c1ccc(C#CCOCCOCCOCCOCC(=O)OC(C)(C)C)cc1)c1c(C)c(C#Cc3cccc(C(=O)O)c3)c(C)n1[B-]2(F)F. The van der Waals surface area contributed by atoms with Crippen LogP contribution in [0.3, 0.4) is 0 Å². The number of allylic oxidation sites excluding steroid dienone is 2.